The van der Waals surface area contributed by atoms with Gasteiger partial charge < -0.3 is 10.0 Å². The molecule has 2 aliphatic carbocycles. The van der Waals surface area contributed by atoms with Gasteiger partial charge in [0.15, 0.2) is 0 Å². The van der Waals surface area contributed by atoms with E-state index in [1.807, 2.05) is 6.07 Å². The van der Waals surface area contributed by atoms with Crippen molar-refractivity contribution in [2.24, 2.45) is 5.92 Å². The highest BCUT2D eigenvalue weighted by Gasteiger charge is 2.53. The van der Waals surface area contributed by atoms with Crippen LogP contribution >= 0.6 is 0 Å². The zero-order valence-electron chi connectivity index (χ0n) is 21.0. The van der Waals surface area contributed by atoms with E-state index in [1.165, 1.54) is 40.7 Å². The first-order chi connectivity index (χ1) is 17.3. The SMILES string of the molecule is CN(C)S(=O)(=O)c1ccccc1C(O)C1CCN(CC23CC(c4ccccc42)c2ccccc23)CC1. The first kappa shape index (κ1) is 23.9. The largest absolute Gasteiger partial charge is 0.388 e. The number of sulfonamides is 1. The third-order valence-corrected chi connectivity index (χ3v) is 10.7. The monoisotopic (exact) mass is 502 g/mol. The van der Waals surface area contributed by atoms with E-state index >= 15 is 0 Å². The van der Waals surface area contributed by atoms with Gasteiger partial charge in [0.2, 0.25) is 10.0 Å². The average molecular weight is 503 g/mol. The number of likely N-dealkylation sites (tertiary alicyclic amines) is 1. The van der Waals surface area contributed by atoms with Gasteiger partial charge >= 0.3 is 0 Å². The molecule has 1 atom stereocenters. The molecule has 188 valence electrons. The molecule has 2 bridgehead atoms. The smallest absolute Gasteiger partial charge is 0.242 e. The molecule has 1 N–H and O–H groups in total. The number of aliphatic hydroxyl groups is 1. The minimum absolute atomic E-state index is 0.0374. The van der Waals surface area contributed by atoms with Crippen LogP contribution in [0.2, 0.25) is 0 Å². The number of hydrogen-bond acceptors (Lipinski definition) is 4. The molecule has 1 unspecified atom stereocenters. The highest BCUT2D eigenvalue weighted by Crippen LogP contribution is 2.60. The van der Waals surface area contributed by atoms with Gasteiger partial charge in [-0.1, -0.05) is 66.7 Å². The Hall–Kier alpha value is -2.51. The first-order valence-electron chi connectivity index (χ1n) is 12.9. The molecule has 1 saturated heterocycles. The first-order valence-corrected chi connectivity index (χ1v) is 14.4. The number of piperidine rings is 1. The van der Waals surface area contributed by atoms with Gasteiger partial charge in [-0.2, -0.15) is 0 Å². The van der Waals surface area contributed by atoms with Crippen LogP contribution in [0.25, 0.3) is 0 Å². The molecule has 6 heteroatoms. The Morgan fingerprint density at radius 2 is 1.47 bits per heavy atom. The predicted octanol–water partition coefficient (Wildman–Crippen LogP) is 4.52. The third kappa shape index (κ3) is 3.58. The topological polar surface area (TPSA) is 60.9 Å². The maximum absolute atomic E-state index is 12.9. The summed E-state index contributed by atoms with van der Waals surface area (Å²) in [5.41, 5.74) is 6.49. The summed E-state index contributed by atoms with van der Waals surface area (Å²) in [5.74, 6) is 0.531. The molecule has 0 aromatic heterocycles. The Morgan fingerprint density at radius 1 is 0.917 bits per heavy atom. The van der Waals surface area contributed by atoms with Gasteiger partial charge in [-0.25, -0.2) is 12.7 Å². The van der Waals surface area contributed by atoms with Crippen LogP contribution in [-0.4, -0.2) is 56.5 Å². The summed E-state index contributed by atoms with van der Waals surface area (Å²) < 4.78 is 26.9. The minimum atomic E-state index is -3.62. The number of rotatable bonds is 6. The maximum Gasteiger partial charge on any atom is 0.242 e. The zero-order chi connectivity index (χ0) is 25.1. The van der Waals surface area contributed by atoms with Crippen LogP contribution in [0.4, 0.5) is 0 Å². The van der Waals surface area contributed by atoms with Crippen molar-refractivity contribution in [2.75, 3.05) is 33.7 Å². The van der Waals surface area contributed by atoms with E-state index in [0.717, 1.165) is 38.9 Å². The molecule has 0 saturated carbocycles. The van der Waals surface area contributed by atoms with Crippen molar-refractivity contribution in [3.05, 3.63) is 101 Å². The molecular formula is C30H34N2O3S. The summed E-state index contributed by atoms with van der Waals surface area (Å²) in [6.45, 7) is 2.80. The molecule has 5 nitrogen and oxygen atoms in total. The summed E-state index contributed by atoms with van der Waals surface area (Å²) in [6, 6.07) is 24.8. The zero-order valence-corrected chi connectivity index (χ0v) is 21.8. The van der Waals surface area contributed by atoms with Gasteiger partial charge in [0.1, 0.15) is 0 Å². The summed E-state index contributed by atoms with van der Waals surface area (Å²) in [5, 5.41) is 11.3. The van der Waals surface area contributed by atoms with Crippen molar-refractivity contribution in [2.45, 2.75) is 41.6 Å². The van der Waals surface area contributed by atoms with Crippen LogP contribution in [-0.2, 0) is 15.4 Å². The van der Waals surface area contributed by atoms with Crippen molar-refractivity contribution >= 4 is 10.0 Å². The van der Waals surface area contributed by atoms with E-state index < -0.39 is 16.1 Å². The van der Waals surface area contributed by atoms with E-state index in [4.69, 9.17) is 0 Å². The second kappa shape index (κ2) is 8.80. The summed E-state index contributed by atoms with van der Waals surface area (Å²) in [6.07, 6.45) is 2.05. The van der Waals surface area contributed by atoms with Crippen LogP contribution < -0.4 is 0 Å². The lowest BCUT2D eigenvalue weighted by molar-refractivity contribution is 0.0523. The highest BCUT2D eigenvalue weighted by atomic mass is 32.2. The van der Waals surface area contributed by atoms with E-state index in [1.54, 1.807) is 18.2 Å². The Kier molecular flexibility index (Phi) is 5.84. The van der Waals surface area contributed by atoms with Crippen molar-refractivity contribution in [1.29, 1.82) is 0 Å². The van der Waals surface area contributed by atoms with E-state index in [-0.39, 0.29) is 16.2 Å². The summed E-state index contributed by atoms with van der Waals surface area (Å²) in [4.78, 5) is 2.77. The maximum atomic E-state index is 12.9. The lowest BCUT2D eigenvalue weighted by atomic mass is 9.74. The number of hydrogen-bond donors (Lipinski definition) is 1. The van der Waals surface area contributed by atoms with Crippen molar-refractivity contribution < 1.29 is 13.5 Å². The molecule has 0 spiro atoms. The molecule has 1 aliphatic heterocycles. The molecule has 3 aromatic carbocycles. The van der Waals surface area contributed by atoms with Gasteiger partial charge in [-0.05, 0) is 66.6 Å². The molecule has 6 rings (SSSR count). The summed E-state index contributed by atoms with van der Waals surface area (Å²) >= 11 is 0. The lowest BCUT2D eigenvalue weighted by Crippen LogP contribution is -2.44. The quantitative estimate of drug-likeness (QED) is 0.539. The fraction of sp³-hybridized carbons (Fsp3) is 0.400. The summed E-state index contributed by atoms with van der Waals surface area (Å²) in [7, 11) is -0.556. The second-order valence-electron chi connectivity index (χ2n) is 10.9. The van der Waals surface area contributed by atoms with E-state index in [2.05, 4.69) is 53.4 Å². The number of nitrogens with zero attached hydrogens (tertiary/aromatic N) is 2. The number of benzene rings is 3. The molecule has 0 radical (unpaired) electrons. The molecule has 1 fully saturated rings. The Bertz CT molecular complexity index is 1350. The van der Waals surface area contributed by atoms with Gasteiger partial charge in [-0.3, -0.25) is 0 Å². The van der Waals surface area contributed by atoms with Gasteiger partial charge in [0.25, 0.3) is 0 Å². The van der Waals surface area contributed by atoms with Gasteiger partial charge in [0, 0.05) is 37.5 Å². The van der Waals surface area contributed by atoms with Gasteiger partial charge in [-0.15, -0.1) is 0 Å². The Labute approximate surface area is 214 Å². The van der Waals surface area contributed by atoms with Crippen LogP contribution in [0.1, 0.15) is 59.1 Å². The molecule has 0 amide bonds. The second-order valence-corrected chi connectivity index (χ2v) is 13.0. The van der Waals surface area contributed by atoms with Crippen molar-refractivity contribution in [1.82, 2.24) is 9.21 Å². The predicted molar refractivity (Wildman–Crippen MR) is 142 cm³/mol. The van der Waals surface area contributed by atoms with Crippen LogP contribution in [0.5, 0.6) is 0 Å². The normalized spacial score (nSPS) is 24.6. The van der Waals surface area contributed by atoms with E-state index in [0.29, 0.717) is 11.5 Å². The highest BCUT2D eigenvalue weighted by molar-refractivity contribution is 7.89. The van der Waals surface area contributed by atoms with Crippen molar-refractivity contribution in [3.63, 3.8) is 0 Å². The number of fused-ring (bicyclic) bond motifs is 8. The molecule has 1 heterocycles. The average Bonchev–Trinajstić information content (AvgIpc) is 3.41. The minimum Gasteiger partial charge on any atom is -0.388 e. The van der Waals surface area contributed by atoms with Crippen LogP contribution in [0, 0.1) is 5.92 Å². The molecule has 3 aromatic rings. The lowest BCUT2D eigenvalue weighted by Gasteiger charge is -2.40. The van der Waals surface area contributed by atoms with Crippen molar-refractivity contribution in [3.8, 4) is 0 Å². The molecular weight excluding hydrogens is 468 g/mol. The van der Waals surface area contributed by atoms with Crippen LogP contribution in [0.3, 0.4) is 0 Å². The molecule has 36 heavy (non-hydrogen) atoms. The fourth-order valence-electron chi connectivity index (χ4n) is 7.03. The molecule has 3 aliphatic rings. The number of aliphatic hydroxyl groups excluding tert-OH is 1. The Balaban J connectivity index is 1.21. The fourth-order valence-corrected chi connectivity index (χ4v) is 8.16. The van der Waals surface area contributed by atoms with E-state index in [9.17, 15) is 13.5 Å². The Morgan fingerprint density at radius 3 is 2.08 bits per heavy atom. The van der Waals surface area contributed by atoms with Crippen LogP contribution in [0.15, 0.2) is 77.7 Å². The van der Waals surface area contributed by atoms with Gasteiger partial charge in [0.05, 0.1) is 11.0 Å². The standard InChI is InChI=1S/C30H34N2O3S/c1-31(2)36(34,35)28-14-8-5-11-24(28)29(33)21-15-17-32(18-16-21)20-30-19-25(22-9-3-6-12-26(22)30)23-10-4-7-13-27(23)30/h3-14,21,25,29,33H,15-20H2,1-2H3. The third-order valence-electron chi connectivity index (χ3n) is 8.82.